The van der Waals surface area contributed by atoms with Gasteiger partial charge in [0.15, 0.2) is 0 Å². The Morgan fingerprint density at radius 2 is 2.26 bits per heavy atom. The number of rotatable bonds is 6. The van der Waals surface area contributed by atoms with E-state index in [4.69, 9.17) is 11.6 Å². The summed E-state index contributed by atoms with van der Waals surface area (Å²) in [6.45, 7) is 0.559. The lowest BCUT2D eigenvalue weighted by atomic mass is 10.0. The molecule has 7 heteroatoms. The molecule has 2 unspecified atom stereocenters. The van der Waals surface area contributed by atoms with Crippen LogP contribution in [0.4, 0.5) is 0 Å². The topological polar surface area (TPSA) is 91.7 Å². The van der Waals surface area contributed by atoms with Crippen molar-refractivity contribution in [2.24, 2.45) is 0 Å². The summed E-state index contributed by atoms with van der Waals surface area (Å²) in [6, 6.07) is 1.37. The number of esters is 1. The SMILES string of the molecule is CNCCC(O)C(O)c1cnc(Cl)c(C(=O)OC)c1. The maximum absolute atomic E-state index is 11.5. The normalized spacial score (nSPS) is 13.9. The van der Waals surface area contributed by atoms with E-state index in [1.54, 1.807) is 7.05 Å². The molecule has 6 nitrogen and oxygen atoms in total. The largest absolute Gasteiger partial charge is 0.465 e. The molecular weight excluding hydrogens is 272 g/mol. The predicted molar refractivity (Wildman–Crippen MR) is 70.1 cm³/mol. The van der Waals surface area contributed by atoms with E-state index in [0.717, 1.165) is 0 Å². The number of aromatic nitrogens is 1. The van der Waals surface area contributed by atoms with Crippen molar-refractivity contribution < 1.29 is 19.7 Å². The third-order valence-corrected chi connectivity index (χ3v) is 2.96. The number of nitrogens with one attached hydrogen (secondary N) is 1. The number of ether oxygens (including phenoxy) is 1. The molecule has 0 aliphatic rings. The second-order valence-electron chi connectivity index (χ2n) is 4.00. The highest BCUT2D eigenvalue weighted by Gasteiger charge is 2.21. The van der Waals surface area contributed by atoms with E-state index < -0.39 is 18.2 Å². The summed E-state index contributed by atoms with van der Waals surface area (Å²) in [4.78, 5) is 15.3. The molecule has 3 N–H and O–H groups in total. The average molecular weight is 289 g/mol. The van der Waals surface area contributed by atoms with Crippen molar-refractivity contribution in [3.8, 4) is 0 Å². The zero-order valence-corrected chi connectivity index (χ0v) is 11.5. The Kier molecular flexibility index (Phi) is 6.17. The lowest BCUT2D eigenvalue weighted by Gasteiger charge is -2.18. The van der Waals surface area contributed by atoms with E-state index in [2.05, 4.69) is 15.0 Å². The molecule has 1 aromatic rings. The van der Waals surface area contributed by atoms with Gasteiger partial charge < -0.3 is 20.3 Å². The Bertz CT molecular complexity index is 442. The third-order valence-electron chi connectivity index (χ3n) is 2.66. The van der Waals surface area contributed by atoms with Crippen LogP contribution < -0.4 is 5.32 Å². The average Bonchev–Trinajstić information content (AvgIpc) is 2.43. The molecule has 0 bridgehead atoms. The Morgan fingerprint density at radius 1 is 1.58 bits per heavy atom. The molecule has 0 saturated heterocycles. The first-order chi connectivity index (χ1) is 9.01. The standard InChI is InChI=1S/C12H17ClN2O4/c1-14-4-3-9(16)10(17)7-5-8(12(18)19-2)11(13)15-6-7/h5-6,9-10,14,16-17H,3-4H2,1-2H3. The van der Waals surface area contributed by atoms with Gasteiger partial charge in [0.25, 0.3) is 0 Å². The fraction of sp³-hybridized carbons (Fsp3) is 0.500. The number of carbonyl (C=O) groups is 1. The van der Waals surface area contributed by atoms with E-state index in [1.807, 2.05) is 0 Å². The van der Waals surface area contributed by atoms with Crippen LogP contribution in [0.3, 0.4) is 0 Å². The van der Waals surface area contributed by atoms with Crippen LogP contribution in [-0.2, 0) is 4.74 Å². The molecular formula is C12H17ClN2O4. The number of aliphatic hydroxyl groups excluding tert-OH is 2. The van der Waals surface area contributed by atoms with Gasteiger partial charge in [-0.1, -0.05) is 11.6 Å². The molecule has 0 aromatic carbocycles. The quantitative estimate of drug-likeness (QED) is 0.522. The number of halogens is 1. The number of aliphatic hydroxyl groups is 2. The molecule has 106 valence electrons. The third kappa shape index (κ3) is 4.14. The summed E-state index contributed by atoms with van der Waals surface area (Å²) >= 11 is 5.77. The maximum Gasteiger partial charge on any atom is 0.341 e. The van der Waals surface area contributed by atoms with Crippen molar-refractivity contribution in [1.82, 2.24) is 10.3 Å². The zero-order chi connectivity index (χ0) is 14.4. The lowest BCUT2D eigenvalue weighted by molar-refractivity contribution is 0.0137. The highest BCUT2D eigenvalue weighted by atomic mass is 35.5. The van der Waals surface area contributed by atoms with Gasteiger partial charge in [-0.3, -0.25) is 0 Å². The van der Waals surface area contributed by atoms with Crippen LogP contribution in [0.2, 0.25) is 5.15 Å². The Morgan fingerprint density at radius 3 is 2.84 bits per heavy atom. The second-order valence-corrected chi connectivity index (χ2v) is 4.36. The van der Waals surface area contributed by atoms with Crippen LogP contribution in [0.15, 0.2) is 12.3 Å². The molecule has 1 rings (SSSR count). The monoisotopic (exact) mass is 288 g/mol. The van der Waals surface area contributed by atoms with E-state index in [0.29, 0.717) is 18.5 Å². The van der Waals surface area contributed by atoms with Crippen LogP contribution >= 0.6 is 11.6 Å². The fourth-order valence-corrected chi connectivity index (χ4v) is 1.73. The molecule has 0 fully saturated rings. The van der Waals surface area contributed by atoms with Crippen molar-refractivity contribution in [3.05, 3.63) is 28.5 Å². The number of carbonyl (C=O) groups excluding carboxylic acids is 1. The van der Waals surface area contributed by atoms with E-state index >= 15 is 0 Å². The smallest absolute Gasteiger partial charge is 0.341 e. The van der Waals surface area contributed by atoms with Gasteiger partial charge in [0, 0.05) is 11.8 Å². The van der Waals surface area contributed by atoms with Gasteiger partial charge in [0.1, 0.15) is 11.3 Å². The molecule has 0 aliphatic carbocycles. The molecule has 0 amide bonds. The summed E-state index contributed by atoms with van der Waals surface area (Å²) in [7, 11) is 2.97. The number of hydrogen-bond acceptors (Lipinski definition) is 6. The summed E-state index contributed by atoms with van der Waals surface area (Å²) in [5, 5.41) is 22.6. The van der Waals surface area contributed by atoms with Crippen molar-refractivity contribution in [1.29, 1.82) is 0 Å². The molecule has 0 radical (unpaired) electrons. The molecule has 1 heterocycles. The number of nitrogens with zero attached hydrogens (tertiary/aromatic N) is 1. The second kappa shape index (κ2) is 7.40. The zero-order valence-electron chi connectivity index (χ0n) is 10.8. The van der Waals surface area contributed by atoms with Crippen LogP contribution in [0.1, 0.15) is 28.4 Å². The molecule has 19 heavy (non-hydrogen) atoms. The minimum atomic E-state index is -1.14. The van der Waals surface area contributed by atoms with Gasteiger partial charge in [-0.25, -0.2) is 9.78 Å². The molecule has 0 saturated carbocycles. The highest BCUT2D eigenvalue weighted by Crippen LogP contribution is 2.23. The Labute approximate surface area is 116 Å². The Balaban J connectivity index is 2.92. The van der Waals surface area contributed by atoms with Gasteiger partial charge in [-0.2, -0.15) is 0 Å². The highest BCUT2D eigenvalue weighted by molar-refractivity contribution is 6.32. The first kappa shape index (κ1) is 15.8. The minimum Gasteiger partial charge on any atom is -0.465 e. The number of methoxy groups -OCH3 is 1. The summed E-state index contributed by atoms with van der Waals surface area (Å²) in [5.41, 5.74) is 0.370. The van der Waals surface area contributed by atoms with Gasteiger partial charge in [-0.05, 0) is 26.1 Å². The first-order valence-corrected chi connectivity index (χ1v) is 6.13. The summed E-state index contributed by atoms with van der Waals surface area (Å²) < 4.78 is 4.56. The molecule has 1 aromatic heterocycles. The van der Waals surface area contributed by atoms with Crippen LogP contribution in [0.25, 0.3) is 0 Å². The Hall–Kier alpha value is -1.21. The van der Waals surface area contributed by atoms with E-state index in [1.165, 1.54) is 19.4 Å². The van der Waals surface area contributed by atoms with Crippen LogP contribution in [0, 0.1) is 0 Å². The van der Waals surface area contributed by atoms with Gasteiger partial charge in [-0.15, -0.1) is 0 Å². The van der Waals surface area contributed by atoms with Crippen LogP contribution in [0.5, 0.6) is 0 Å². The lowest BCUT2D eigenvalue weighted by Crippen LogP contribution is -2.23. The van der Waals surface area contributed by atoms with E-state index in [-0.39, 0.29) is 10.7 Å². The molecule has 0 aliphatic heterocycles. The minimum absolute atomic E-state index is 0.00693. The number of pyridine rings is 1. The first-order valence-electron chi connectivity index (χ1n) is 5.75. The molecule has 2 atom stereocenters. The summed E-state index contributed by atoms with van der Waals surface area (Å²) in [5.74, 6) is -0.642. The maximum atomic E-state index is 11.5. The van der Waals surface area contributed by atoms with Crippen molar-refractivity contribution in [2.75, 3.05) is 20.7 Å². The molecule has 0 spiro atoms. The van der Waals surface area contributed by atoms with Crippen LogP contribution in [-0.4, -0.2) is 48.0 Å². The van der Waals surface area contributed by atoms with Gasteiger partial charge in [0.05, 0.1) is 18.8 Å². The predicted octanol–water partition coefficient (Wildman–Crippen LogP) is 0.525. The van der Waals surface area contributed by atoms with Gasteiger partial charge >= 0.3 is 5.97 Å². The van der Waals surface area contributed by atoms with Crippen molar-refractivity contribution in [3.63, 3.8) is 0 Å². The van der Waals surface area contributed by atoms with Crippen molar-refractivity contribution in [2.45, 2.75) is 18.6 Å². The summed E-state index contributed by atoms with van der Waals surface area (Å²) in [6.07, 6.45) is -0.405. The van der Waals surface area contributed by atoms with Gasteiger partial charge in [0.2, 0.25) is 0 Å². The fourth-order valence-electron chi connectivity index (χ4n) is 1.55. The van der Waals surface area contributed by atoms with E-state index in [9.17, 15) is 15.0 Å². The van der Waals surface area contributed by atoms with Crippen molar-refractivity contribution >= 4 is 17.6 Å². The number of hydrogen-bond donors (Lipinski definition) is 3.